The molecule has 0 aliphatic carbocycles. The van der Waals surface area contributed by atoms with E-state index in [9.17, 15) is 30.7 Å². The Balaban J connectivity index is 2.57. The summed E-state index contributed by atoms with van der Waals surface area (Å²) in [5.41, 5.74) is -4.17. The van der Waals surface area contributed by atoms with Crippen molar-refractivity contribution in [2.24, 2.45) is 0 Å². The molecule has 0 spiro atoms. The van der Waals surface area contributed by atoms with Gasteiger partial charge in [-0.25, -0.2) is 4.39 Å². The molecule has 0 radical (unpaired) electrons. The number of benzene rings is 1. The molecule has 2 nitrogen and oxygen atoms in total. The Morgan fingerprint density at radius 1 is 1.05 bits per heavy atom. The third kappa shape index (κ3) is 3.46. The monoisotopic (exact) mass is 317 g/mol. The van der Waals surface area contributed by atoms with E-state index in [0.29, 0.717) is 0 Å². The standard InChI is InChI=1S/C12H10F7NO/c13-8-4-6(11(14,15)16)3-7(12(17,18)19)10(8)9-5-21-2-1-20-9/h3-4,9,20H,1-2,5H2/t9-/m0/s1. The molecular formula is C12H10F7NO. The fourth-order valence-corrected chi connectivity index (χ4v) is 2.12. The zero-order valence-corrected chi connectivity index (χ0v) is 10.4. The average Bonchev–Trinajstić information content (AvgIpc) is 2.36. The number of rotatable bonds is 1. The van der Waals surface area contributed by atoms with Crippen molar-refractivity contribution in [2.45, 2.75) is 18.4 Å². The molecule has 1 aromatic rings. The first-order valence-corrected chi connectivity index (χ1v) is 5.89. The number of hydrogen-bond acceptors (Lipinski definition) is 2. The van der Waals surface area contributed by atoms with E-state index in [1.807, 2.05) is 0 Å². The highest BCUT2D eigenvalue weighted by Crippen LogP contribution is 2.40. The van der Waals surface area contributed by atoms with Gasteiger partial charge in [-0.15, -0.1) is 0 Å². The zero-order valence-electron chi connectivity index (χ0n) is 10.4. The number of ether oxygens (including phenoxy) is 1. The van der Waals surface area contributed by atoms with E-state index in [1.54, 1.807) is 0 Å². The maximum Gasteiger partial charge on any atom is 0.416 e. The largest absolute Gasteiger partial charge is 0.416 e. The van der Waals surface area contributed by atoms with E-state index >= 15 is 0 Å². The molecule has 1 N–H and O–H groups in total. The van der Waals surface area contributed by atoms with E-state index in [1.165, 1.54) is 0 Å². The molecule has 2 rings (SSSR count). The fourth-order valence-electron chi connectivity index (χ4n) is 2.12. The molecule has 0 aromatic heterocycles. The summed E-state index contributed by atoms with van der Waals surface area (Å²) in [7, 11) is 0. The lowest BCUT2D eigenvalue weighted by molar-refractivity contribution is -0.144. The molecule has 9 heteroatoms. The second-order valence-corrected chi connectivity index (χ2v) is 4.50. The summed E-state index contributed by atoms with van der Waals surface area (Å²) in [6.07, 6.45) is -10.2. The summed E-state index contributed by atoms with van der Waals surface area (Å²) in [4.78, 5) is 0. The van der Waals surface area contributed by atoms with E-state index in [0.717, 1.165) is 0 Å². The van der Waals surface area contributed by atoms with Crippen LogP contribution < -0.4 is 5.32 Å². The third-order valence-corrected chi connectivity index (χ3v) is 3.03. The van der Waals surface area contributed by atoms with E-state index in [-0.39, 0.29) is 31.9 Å². The quantitative estimate of drug-likeness (QED) is 0.800. The molecule has 0 bridgehead atoms. The molecular weight excluding hydrogens is 307 g/mol. The molecule has 0 saturated carbocycles. The molecule has 1 aliphatic heterocycles. The molecule has 21 heavy (non-hydrogen) atoms. The minimum Gasteiger partial charge on any atom is -0.378 e. The number of nitrogens with one attached hydrogen (secondary N) is 1. The van der Waals surface area contributed by atoms with Crippen LogP contribution in [-0.2, 0) is 17.1 Å². The van der Waals surface area contributed by atoms with Crippen LogP contribution in [0.25, 0.3) is 0 Å². The van der Waals surface area contributed by atoms with Gasteiger partial charge in [-0.3, -0.25) is 0 Å². The normalized spacial score (nSPS) is 20.6. The Hall–Kier alpha value is -1.35. The van der Waals surface area contributed by atoms with Gasteiger partial charge in [-0.05, 0) is 12.1 Å². The van der Waals surface area contributed by atoms with Crippen LogP contribution in [0.1, 0.15) is 22.7 Å². The minimum absolute atomic E-state index is 0.0703. The molecule has 1 saturated heterocycles. The Bertz CT molecular complexity index is 518. The van der Waals surface area contributed by atoms with Gasteiger partial charge in [0.05, 0.1) is 30.4 Å². The smallest absolute Gasteiger partial charge is 0.378 e. The average molecular weight is 317 g/mol. The predicted octanol–water partition coefficient (Wildman–Crippen LogP) is 3.52. The van der Waals surface area contributed by atoms with Crippen molar-refractivity contribution in [3.63, 3.8) is 0 Å². The SMILES string of the molecule is Fc1cc(C(F)(F)F)cc(C(F)(F)F)c1[C@@H]1COCCN1. The molecule has 1 atom stereocenters. The first-order valence-electron chi connectivity index (χ1n) is 5.89. The predicted molar refractivity (Wildman–Crippen MR) is 58.0 cm³/mol. The highest BCUT2D eigenvalue weighted by molar-refractivity contribution is 5.39. The van der Waals surface area contributed by atoms with Crippen LogP contribution in [0.3, 0.4) is 0 Å². The first-order chi connectivity index (χ1) is 9.60. The van der Waals surface area contributed by atoms with Crippen LogP contribution in [0.4, 0.5) is 30.7 Å². The van der Waals surface area contributed by atoms with Crippen LogP contribution in [-0.4, -0.2) is 19.8 Å². The van der Waals surface area contributed by atoms with Gasteiger partial charge in [0.15, 0.2) is 0 Å². The molecule has 0 amide bonds. The Morgan fingerprint density at radius 3 is 2.19 bits per heavy atom. The Labute approximate surface area is 114 Å². The summed E-state index contributed by atoms with van der Waals surface area (Å²) in [6, 6.07) is -1.15. The van der Waals surface area contributed by atoms with Crippen molar-refractivity contribution in [1.29, 1.82) is 0 Å². The van der Waals surface area contributed by atoms with Gasteiger partial charge in [0.2, 0.25) is 0 Å². The van der Waals surface area contributed by atoms with Crippen LogP contribution in [0.15, 0.2) is 12.1 Å². The van der Waals surface area contributed by atoms with E-state index in [2.05, 4.69) is 5.32 Å². The van der Waals surface area contributed by atoms with Crippen molar-refractivity contribution >= 4 is 0 Å². The number of alkyl halides is 6. The minimum atomic E-state index is -5.10. The second kappa shape index (κ2) is 5.45. The second-order valence-electron chi connectivity index (χ2n) is 4.50. The summed E-state index contributed by atoms with van der Waals surface area (Å²) < 4.78 is 95.3. The number of hydrogen-bond donors (Lipinski definition) is 1. The van der Waals surface area contributed by atoms with Gasteiger partial charge >= 0.3 is 12.4 Å². The third-order valence-electron chi connectivity index (χ3n) is 3.03. The van der Waals surface area contributed by atoms with Crippen LogP contribution in [0.2, 0.25) is 0 Å². The molecule has 0 unspecified atom stereocenters. The van der Waals surface area contributed by atoms with Crippen LogP contribution in [0, 0.1) is 5.82 Å². The van der Waals surface area contributed by atoms with E-state index in [4.69, 9.17) is 4.74 Å². The first kappa shape index (κ1) is 16.0. The van der Waals surface area contributed by atoms with E-state index < -0.39 is 40.9 Å². The van der Waals surface area contributed by atoms with Crippen LogP contribution in [0.5, 0.6) is 0 Å². The molecule has 1 aromatic carbocycles. The van der Waals surface area contributed by atoms with Crippen molar-refractivity contribution in [1.82, 2.24) is 5.32 Å². The van der Waals surface area contributed by atoms with Crippen LogP contribution >= 0.6 is 0 Å². The van der Waals surface area contributed by atoms with Crippen molar-refractivity contribution in [3.05, 3.63) is 34.6 Å². The van der Waals surface area contributed by atoms with Crippen molar-refractivity contribution < 1.29 is 35.5 Å². The highest BCUT2D eigenvalue weighted by Gasteiger charge is 2.41. The maximum absolute atomic E-state index is 13.9. The number of morpholine rings is 1. The summed E-state index contributed by atoms with van der Waals surface area (Å²) in [5, 5.41) is 2.60. The van der Waals surface area contributed by atoms with Crippen molar-refractivity contribution in [2.75, 3.05) is 19.8 Å². The fraction of sp³-hybridized carbons (Fsp3) is 0.500. The van der Waals surface area contributed by atoms with Gasteiger partial charge < -0.3 is 10.1 Å². The van der Waals surface area contributed by atoms with Gasteiger partial charge in [0, 0.05) is 12.1 Å². The summed E-state index contributed by atoms with van der Waals surface area (Å²) >= 11 is 0. The maximum atomic E-state index is 13.9. The zero-order chi connectivity index (χ0) is 15.8. The van der Waals surface area contributed by atoms with Gasteiger partial charge in [-0.2, -0.15) is 26.3 Å². The summed E-state index contributed by atoms with van der Waals surface area (Å²) in [6.45, 7) is 0.174. The number of halogens is 7. The molecule has 1 heterocycles. The highest BCUT2D eigenvalue weighted by atomic mass is 19.4. The lowest BCUT2D eigenvalue weighted by Crippen LogP contribution is -2.36. The van der Waals surface area contributed by atoms with Crippen molar-refractivity contribution in [3.8, 4) is 0 Å². The Morgan fingerprint density at radius 2 is 1.71 bits per heavy atom. The van der Waals surface area contributed by atoms with Gasteiger partial charge in [0.25, 0.3) is 0 Å². The molecule has 118 valence electrons. The van der Waals surface area contributed by atoms with Gasteiger partial charge in [0.1, 0.15) is 5.82 Å². The van der Waals surface area contributed by atoms with Gasteiger partial charge in [-0.1, -0.05) is 0 Å². The Kier molecular flexibility index (Phi) is 4.16. The molecule has 1 aliphatic rings. The lowest BCUT2D eigenvalue weighted by atomic mass is 9.96. The topological polar surface area (TPSA) is 21.3 Å². The summed E-state index contributed by atoms with van der Waals surface area (Å²) in [5.74, 6) is -1.56. The lowest BCUT2D eigenvalue weighted by Gasteiger charge is -2.27. The molecule has 1 fully saturated rings.